The Morgan fingerprint density at radius 2 is 2.23 bits per heavy atom. The number of aromatic nitrogens is 2. The lowest BCUT2D eigenvalue weighted by atomic mass is 10.0. The SMILES string of the molecule is COC(=O)c1ccc(-c2noc(CCC3CCNC3)n2)cc1. The monoisotopic (exact) mass is 301 g/mol. The van der Waals surface area contributed by atoms with Gasteiger partial charge in [-0.05, 0) is 44.0 Å². The number of hydrogen-bond acceptors (Lipinski definition) is 6. The van der Waals surface area contributed by atoms with Crippen LogP contribution in [0.25, 0.3) is 11.4 Å². The quantitative estimate of drug-likeness (QED) is 0.852. The Labute approximate surface area is 128 Å². The first-order valence-electron chi connectivity index (χ1n) is 7.48. The summed E-state index contributed by atoms with van der Waals surface area (Å²) in [5.74, 6) is 1.56. The molecule has 6 nitrogen and oxygen atoms in total. The van der Waals surface area contributed by atoms with Crippen LogP contribution in [-0.4, -0.2) is 36.3 Å². The standard InChI is InChI=1S/C16H19N3O3/c1-21-16(20)13-5-3-12(4-6-13)15-18-14(22-19-15)7-2-11-8-9-17-10-11/h3-6,11,17H,2,7-10H2,1H3. The number of carbonyl (C=O) groups is 1. The van der Waals surface area contributed by atoms with Crippen LogP contribution in [0.2, 0.25) is 0 Å². The molecule has 1 aliphatic heterocycles. The van der Waals surface area contributed by atoms with E-state index in [-0.39, 0.29) is 5.97 Å². The molecule has 0 saturated carbocycles. The Kier molecular flexibility index (Phi) is 4.48. The van der Waals surface area contributed by atoms with E-state index in [2.05, 4.69) is 20.2 Å². The minimum Gasteiger partial charge on any atom is -0.465 e. The molecule has 0 bridgehead atoms. The topological polar surface area (TPSA) is 77.2 Å². The van der Waals surface area contributed by atoms with Gasteiger partial charge in [-0.25, -0.2) is 4.79 Å². The van der Waals surface area contributed by atoms with Crippen LogP contribution in [0.4, 0.5) is 0 Å². The molecule has 0 amide bonds. The summed E-state index contributed by atoms with van der Waals surface area (Å²) in [5, 5.41) is 7.36. The van der Waals surface area contributed by atoms with Gasteiger partial charge in [0.2, 0.25) is 11.7 Å². The third-order valence-corrected chi connectivity index (χ3v) is 3.96. The van der Waals surface area contributed by atoms with Crippen molar-refractivity contribution in [1.29, 1.82) is 0 Å². The molecule has 3 rings (SSSR count). The molecule has 22 heavy (non-hydrogen) atoms. The summed E-state index contributed by atoms with van der Waals surface area (Å²) in [4.78, 5) is 15.8. The van der Waals surface area contributed by atoms with Gasteiger partial charge in [0.1, 0.15) is 0 Å². The fourth-order valence-corrected chi connectivity index (χ4v) is 2.64. The van der Waals surface area contributed by atoms with Crippen molar-refractivity contribution >= 4 is 5.97 Å². The number of hydrogen-bond donors (Lipinski definition) is 1. The van der Waals surface area contributed by atoms with Crippen molar-refractivity contribution in [3.8, 4) is 11.4 Å². The number of esters is 1. The summed E-state index contributed by atoms with van der Waals surface area (Å²) < 4.78 is 9.98. The van der Waals surface area contributed by atoms with Crippen molar-refractivity contribution in [2.45, 2.75) is 19.3 Å². The van der Waals surface area contributed by atoms with Gasteiger partial charge in [-0.15, -0.1) is 0 Å². The van der Waals surface area contributed by atoms with Crippen LogP contribution in [0.5, 0.6) is 0 Å². The highest BCUT2D eigenvalue weighted by molar-refractivity contribution is 5.89. The predicted octanol–water partition coefficient (Wildman–Crippen LogP) is 2.07. The van der Waals surface area contributed by atoms with E-state index in [4.69, 9.17) is 4.52 Å². The molecule has 1 saturated heterocycles. The van der Waals surface area contributed by atoms with Crippen LogP contribution >= 0.6 is 0 Å². The minimum atomic E-state index is -0.356. The van der Waals surface area contributed by atoms with E-state index in [0.717, 1.165) is 31.5 Å². The Morgan fingerprint density at radius 1 is 1.41 bits per heavy atom. The predicted molar refractivity (Wildman–Crippen MR) is 80.4 cm³/mol. The molecule has 1 aromatic heterocycles. The number of carbonyl (C=O) groups excluding carboxylic acids is 1. The smallest absolute Gasteiger partial charge is 0.337 e. The number of rotatable bonds is 5. The van der Waals surface area contributed by atoms with Gasteiger partial charge in [-0.3, -0.25) is 0 Å². The second-order valence-electron chi connectivity index (χ2n) is 5.48. The van der Waals surface area contributed by atoms with Gasteiger partial charge < -0.3 is 14.6 Å². The number of benzene rings is 1. The van der Waals surface area contributed by atoms with E-state index in [9.17, 15) is 4.79 Å². The van der Waals surface area contributed by atoms with Crippen LogP contribution in [0.1, 0.15) is 29.1 Å². The van der Waals surface area contributed by atoms with Gasteiger partial charge in [-0.1, -0.05) is 17.3 Å². The van der Waals surface area contributed by atoms with Crippen molar-refractivity contribution in [2.75, 3.05) is 20.2 Å². The summed E-state index contributed by atoms with van der Waals surface area (Å²) >= 11 is 0. The molecule has 6 heteroatoms. The Bertz CT molecular complexity index is 630. The fraction of sp³-hybridized carbons (Fsp3) is 0.438. The summed E-state index contributed by atoms with van der Waals surface area (Å²) in [7, 11) is 1.36. The fourth-order valence-electron chi connectivity index (χ4n) is 2.64. The van der Waals surface area contributed by atoms with Crippen molar-refractivity contribution in [3.63, 3.8) is 0 Å². The molecular formula is C16H19N3O3. The highest BCUT2D eigenvalue weighted by Crippen LogP contribution is 2.19. The van der Waals surface area contributed by atoms with Crippen LogP contribution in [0.15, 0.2) is 28.8 Å². The molecule has 1 unspecified atom stereocenters. The van der Waals surface area contributed by atoms with Crippen molar-refractivity contribution in [3.05, 3.63) is 35.7 Å². The summed E-state index contributed by atoms with van der Waals surface area (Å²) in [6.07, 6.45) is 3.09. The van der Waals surface area contributed by atoms with Gasteiger partial charge in [0.05, 0.1) is 12.7 Å². The minimum absolute atomic E-state index is 0.356. The van der Waals surface area contributed by atoms with Crippen LogP contribution < -0.4 is 5.32 Å². The molecule has 2 aromatic rings. The zero-order valence-corrected chi connectivity index (χ0v) is 12.5. The third kappa shape index (κ3) is 3.33. The summed E-state index contributed by atoms with van der Waals surface area (Å²) in [6, 6.07) is 6.98. The number of methoxy groups -OCH3 is 1. The molecule has 0 aliphatic carbocycles. The largest absolute Gasteiger partial charge is 0.465 e. The number of nitrogens with zero attached hydrogens (tertiary/aromatic N) is 2. The van der Waals surface area contributed by atoms with E-state index >= 15 is 0 Å². The van der Waals surface area contributed by atoms with E-state index in [0.29, 0.717) is 23.2 Å². The Morgan fingerprint density at radius 3 is 2.91 bits per heavy atom. The molecule has 0 radical (unpaired) electrons. The number of aryl methyl sites for hydroxylation is 1. The lowest BCUT2D eigenvalue weighted by Crippen LogP contribution is -2.09. The normalized spacial score (nSPS) is 17.6. The Balaban J connectivity index is 1.63. The van der Waals surface area contributed by atoms with E-state index in [1.165, 1.54) is 13.5 Å². The second kappa shape index (κ2) is 6.70. The van der Waals surface area contributed by atoms with Crippen LogP contribution in [0.3, 0.4) is 0 Å². The molecule has 2 heterocycles. The average Bonchev–Trinajstić information content (AvgIpc) is 3.24. The lowest BCUT2D eigenvalue weighted by molar-refractivity contribution is 0.0601. The first-order valence-corrected chi connectivity index (χ1v) is 7.48. The van der Waals surface area contributed by atoms with Crippen molar-refractivity contribution in [2.24, 2.45) is 5.92 Å². The van der Waals surface area contributed by atoms with E-state index in [1.54, 1.807) is 24.3 Å². The average molecular weight is 301 g/mol. The van der Waals surface area contributed by atoms with Gasteiger partial charge in [0, 0.05) is 12.0 Å². The maximum Gasteiger partial charge on any atom is 0.337 e. The summed E-state index contributed by atoms with van der Waals surface area (Å²) in [6.45, 7) is 2.18. The molecule has 1 N–H and O–H groups in total. The first-order chi connectivity index (χ1) is 10.8. The van der Waals surface area contributed by atoms with Crippen molar-refractivity contribution < 1.29 is 14.1 Å². The van der Waals surface area contributed by atoms with Crippen LogP contribution in [-0.2, 0) is 11.2 Å². The zero-order valence-electron chi connectivity index (χ0n) is 12.5. The van der Waals surface area contributed by atoms with Gasteiger partial charge in [-0.2, -0.15) is 4.98 Å². The van der Waals surface area contributed by atoms with Gasteiger partial charge in [0.15, 0.2) is 0 Å². The van der Waals surface area contributed by atoms with Gasteiger partial charge >= 0.3 is 5.97 Å². The van der Waals surface area contributed by atoms with Gasteiger partial charge in [0.25, 0.3) is 0 Å². The number of ether oxygens (including phenoxy) is 1. The maximum atomic E-state index is 11.4. The molecule has 116 valence electrons. The van der Waals surface area contributed by atoms with Crippen molar-refractivity contribution in [1.82, 2.24) is 15.5 Å². The Hall–Kier alpha value is -2.21. The molecule has 0 spiro atoms. The lowest BCUT2D eigenvalue weighted by Gasteiger charge is -2.03. The summed E-state index contributed by atoms with van der Waals surface area (Å²) in [5.41, 5.74) is 1.33. The zero-order chi connectivity index (χ0) is 15.4. The molecule has 1 fully saturated rings. The second-order valence-corrected chi connectivity index (χ2v) is 5.48. The molecular weight excluding hydrogens is 282 g/mol. The highest BCUT2D eigenvalue weighted by atomic mass is 16.5. The molecule has 1 atom stereocenters. The molecule has 1 aliphatic rings. The van der Waals surface area contributed by atoms with E-state index in [1.807, 2.05) is 0 Å². The van der Waals surface area contributed by atoms with E-state index < -0.39 is 0 Å². The number of nitrogens with one attached hydrogen (secondary N) is 1. The highest BCUT2D eigenvalue weighted by Gasteiger charge is 2.16. The maximum absolute atomic E-state index is 11.4. The molecule has 1 aromatic carbocycles. The van der Waals surface area contributed by atoms with Crippen LogP contribution in [0, 0.1) is 5.92 Å². The third-order valence-electron chi connectivity index (χ3n) is 3.96. The first kappa shape index (κ1) is 14.7.